The Morgan fingerprint density at radius 2 is 2.16 bits per heavy atom. The van der Waals surface area contributed by atoms with Crippen molar-refractivity contribution in [1.82, 2.24) is 5.32 Å². The Bertz CT molecular complexity index is 475. The van der Waals surface area contributed by atoms with Crippen LogP contribution in [0, 0.1) is 0 Å². The molecular weight excluding hydrogens is 257 g/mol. The second-order valence-electron chi connectivity index (χ2n) is 4.84. The van der Waals surface area contributed by atoms with Crippen molar-refractivity contribution in [2.75, 3.05) is 31.1 Å². The first-order chi connectivity index (χ1) is 9.07. The summed E-state index contributed by atoms with van der Waals surface area (Å²) in [5.41, 5.74) is -0.108. The van der Waals surface area contributed by atoms with E-state index in [4.69, 9.17) is 4.74 Å². The van der Waals surface area contributed by atoms with Crippen molar-refractivity contribution in [3.05, 3.63) is 23.8 Å². The van der Waals surface area contributed by atoms with Crippen LogP contribution < -0.4 is 15.0 Å². The minimum absolute atomic E-state index is 0.0144. The Morgan fingerprint density at radius 3 is 2.95 bits per heavy atom. The van der Waals surface area contributed by atoms with Crippen LogP contribution >= 0.6 is 0 Å². The van der Waals surface area contributed by atoms with E-state index in [1.807, 2.05) is 4.90 Å². The van der Waals surface area contributed by atoms with Gasteiger partial charge < -0.3 is 15.0 Å². The van der Waals surface area contributed by atoms with Gasteiger partial charge in [-0.2, -0.15) is 13.2 Å². The number of nitrogens with zero attached hydrogens (tertiary/aromatic N) is 1. The third-order valence-electron chi connectivity index (χ3n) is 3.66. The number of piperazine rings is 1. The maximum absolute atomic E-state index is 13.0. The van der Waals surface area contributed by atoms with E-state index >= 15 is 0 Å². The molecule has 0 amide bonds. The van der Waals surface area contributed by atoms with Gasteiger partial charge in [0.2, 0.25) is 0 Å². The highest BCUT2D eigenvalue weighted by molar-refractivity contribution is 5.64. The Labute approximate surface area is 109 Å². The lowest BCUT2D eigenvalue weighted by Gasteiger charge is -2.36. The maximum Gasteiger partial charge on any atom is 0.420 e. The molecule has 0 unspecified atom stereocenters. The number of ether oxygens (including phenoxy) is 1. The second-order valence-corrected chi connectivity index (χ2v) is 4.84. The van der Waals surface area contributed by atoms with Crippen molar-refractivity contribution in [3.8, 4) is 5.75 Å². The van der Waals surface area contributed by atoms with Gasteiger partial charge in [0.25, 0.3) is 0 Å². The molecule has 1 aromatic carbocycles. The van der Waals surface area contributed by atoms with Crippen LogP contribution in [0.25, 0.3) is 0 Å². The van der Waals surface area contributed by atoms with Crippen LogP contribution in [-0.2, 0) is 6.18 Å². The van der Waals surface area contributed by atoms with Crippen LogP contribution in [0.4, 0.5) is 18.9 Å². The molecule has 0 radical (unpaired) electrons. The molecule has 1 N–H and O–H groups in total. The van der Waals surface area contributed by atoms with E-state index in [1.165, 1.54) is 6.07 Å². The SMILES string of the molecule is FC(F)(F)c1cccc2c1OCC[C@H]1CNCCN21. The van der Waals surface area contributed by atoms with Crippen molar-refractivity contribution >= 4 is 5.69 Å². The molecular formula is C13H15F3N2O. The van der Waals surface area contributed by atoms with E-state index in [-0.39, 0.29) is 11.8 Å². The summed E-state index contributed by atoms with van der Waals surface area (Å²) in [6.45, 7) is 2.61. The number of benzene rings is 1. The van der Waals surface area contributed by atoms with Gasteiger partial charge in [0.05, 0.1) is 17.9 Å². The topological polar surface area (TPSA) is 24.5 Å². The lowest BCUT2D eigenvalue weighted by atomic mass is 10.1. The zero-order valence-corrected chi connectivity index (χ0v) is 10.3. The van der Waals surface area contributed by atoms with Crippen molar-refractivity contribution in [2.24, 2.45) is 0 Å². The standard InChI is InChI=1S/C13H15F3N2O/c14-13(15,16)10-2-1-3-11-12(10)19-7-4-9-8-17-5-6-18(9)11/h1-3,9,17H,4-8H2/t9-/m0/s1. The van der Waals surface area contributed by atoms with Crippen molar-refractivity contribution < 1.29 is 17.9 Å². The molecule has 19 heavy (non-hydrogen) atoms. The molecule has 1 fully saturated rings. The largest absolute Gasteiger partial charge is 0.491 e. The number of nitrogens with one attached hydrogen (secondary N) is 1. The van der Waals surface area contributed by atoms with E-state index in [9.17, 15) is 13.2 Å². The van der Waals surface area contributed by atoms with Gasteiger partial charge >= 0.3 is 6.18 Å². The minimum Gasteiger partial charge on any atom is -0.491 e. The number of alkyl halides is 3. The van der Waals surface area contributed by atoms with Gasteiger partial charge in [-0.3, -0.25) is 0 Å². The van der Waals surface area contributed by atoms with Gasteiger partial charge in [-0.25, -0.2) is 0 Å². The quantitative estimate of drug-likeness (QED) is 0.784. The zero-order chi connectivity index (χ0) is 13.5. The molecule has 1 saturated heterocycles. The predicted octanol–water partition coefficient (Wildman–Crippen LogP) is 2.27. The van der Waals surface area contributed by atoms with E-state index in [2.05, 4.69) is 5.32 Å². The summed E-state index contributed by atoms with van der Waals surface area (Å²) in [5, 5.41) is 3.27. The minimum atomic E-state index is -4.38. The molecule has 1 atom stereocenters. The van der Waals surface area contributed by atoms with E-state index in [1.54, 1.807) is 6.07 Å². The average molecular weight is 272 g/mol. The van der Waals surface area contributed by atoms with Crippen molar-refractivity contribution in [1.29, 1.82) is 0 Å². The molecule has 0 aromatic heterocycles. The molecule has 0 bridgehead atoms. The van der Waals surface area contributed by atoms with Gasteiger partial charge in [0, 0.05) is 32.1 Å². The molecule has 0 aliphatic carbocycles. The normalized spacial score (nSPS) is 23.1. The van der Waals surface area contributed by atoms with Crippen LogP contribution in [0.1, 0.15) is 12.0 Å². The third-order valence-corrected chi connectivity index (χ3v) is 3.66. The number of hydrogen-bond acceptors (Lipinski definition) is 3. The van der Waals surface area contributed by atoms with Gasteiger partial charge in [0.1, 0.15) is 0 Å². The summed E-state index contributed by atoms with van der Waals surface area (Å²) in [5.74, 6) is -0.0144. The van der Waals surface area contributed by atoms with Crippen LogP contribution in [0.5, 0.6) is 5.75 Å². The number of anilines is 1. The third kappa shape index (κ3) is 2.25. The fraction of sp³-hybridized carbons (Fsp3) is 0.538. The first-order valence-electron chi connectivity index (χ1n) is 6.38. The molecule has 0 saturated carbocycles. The summed E-state index contributed by atoms with van der Waals surface area (Å²) >= 11 is 0. The van der Waals surface area contributed by atoms with Crippen molar-refractivity contribution in [3.63, 3.8) is 0 Å². The highest BCUT2D eigenvalue weighted by atomic mass is 19.4. The number of halogens is 3. The van der Waals surface area contributed by atoms with Crippen LogP contribution in [0.3, 0.4) is 0 Å². The average Bonchev–Trinajstić information content (AvgIpc) is 2.56. The predicted molar refractivity (Wildman–Crippen MR) is 65.6 cm³/mol. The molecule has 2 heterocycles. The summed E-state index contributed by atoms with van der Waals surface area (Å²) in [7, 11) is 0. The van der Waals surface area contributed by atoms with E-state index in [0.29, 0.717) is 18.8 Å². The molecule has 2 aliphatic rings. The van der Waals surface area contributed by atoms with E-state index in [0.717, 1.165) is 25.6 Å². The Morgan fingerprint density at radius 1 is 1.32 bits per heavy atom. The number of para-hydroxylation sites is 1. The lowest BCUT2D eigenvalue weighted by molar-refractivity contribution is -0.138. The molecule has 3 rings (SSSR count). The number of hydrogen-bond donors (Lipinski definition) is 1. The Hall–Kier alpha value is -1.43. The van der Waals surface area contributed by atoms with Gasteiger partial charge in [0.15, 0.2) is 5.75 Å². The van der Waals surface area contributed by atoms with Gasteiger partial charge in [-0.1, -0.05) is 6.07 Å². The van der Waals surface area contributed by atoms with Crippen LogP contribution in [-0.4, -0.2) is 32.3 Å². The summed E-state index contributed by atoms with van der Waals surface area (Å²) in [6, 6.07) is 4.46. The molecule has 104 valence electrons. The molecule has 3 nitrogen and oxygen atoms in total. The fourth-order valence-corrected chi connectivity index (χ4v) is 2.76. The summed E-state index contributed by atoms with van der Waals surface area (Å²) in [4.78, 5) is 2.04. The van der Waals surface area contributed by atoms with Gasteiger partial charge in [-0.15, -0.1) is 0 Å². The van der Waals surface area contributed by atoms with Crippen molar-refractivity contribution in [2.45, 2.75) is 18.6 Å². The Balaban J connectivity index is 2.07. The first kappa shape index (κ1) is 12.6. The fourth-order valence-electron chi connectivity index (χ4n) is 2.76. The first-order valence-corrected chi connectivity index (χ1v) is 6.38. The van der Waals surface area contributed by atoms with Crippen LogP contribution in [0.2, 0.25) is 0 Å². The smallest absolute Gasteiger partial charge is 0.420 e. The maximum atomic E-state index is 13.0. The summed E-state index contributed by atoms with van der Waals surface area (Å²) in [6.07, 6.45) is -3.64. The highest BCUT2D eigenvalue weighted by Crippen LogP contribution is 2.43. The zero-order valence-electron chi connectivity index (χ0n) is 10.3. The molecule has 0 spiro atoms. The second kappa shape index (κ2) is 4.59. The highest BCUT2D eigenvalue weighted by Gasteiger charge is 2.38. The monoisotopic (exact) mass is 272 g/mol. The molecule has 2 aliphatic heterocycles. The summed E-state index contributed by atoms with van der Waals surface area (Å²) < 4.78 is 44.5. The lowest BCUT2D eigenvalue weighted by Crippen LogP contribution is -2.51. The number of rotatable bonds is 0. The number of fused-ring (bicyclic) bond motifs is 3. The van der Waals surface area contributed by atoms with E-state index < -0.39 is 11.7 Å². The Kier molecular flexibility index (Phi) is 3.05. The molecule has 6 heteroatoms. The molecule has 1 aromatic rings. The van der Waals surface area contributed by atoms with Gasteiger partial charge in [-0.05, 0) is 12.1 Å². The van der Waals surface area contributed by atoms with Crippen LogP contribution in [0.15, 0.2) is 18.2 Å².